The molecule has 0 spiro atoms. The first-order chi connectivity index (χ1) is 6.87. The second kappa shape index (κ2) is 4.72. The Labute approximate surface area is 90.1 Å². The quantitative estimate of drug-likeness (QED) is 0.794. The van der Waals surface area contributed by atoms with Crippen LogP contribution in [0.4, 0.5) is 0 Å². The second-order valence-electron chi connectivity index (χ2n) is 3.83. The standard InChI is InChI=1S/C10H15NO3S/c1-8(7-15(12,13)14)6-10-5-3-4-9(2)11-10/h3-5,8H,6-7H2,1-2H3,(H,12,13,14). The molecule has 1 aromatic heterocycles. The minimum Gasteiger partial charge on any atom is -0.286 e. The van der Waals surface area contributed by atoms with Gasteiger partial charge in [-0.25, -0.2) is 0 Å². The molecule has 1 unspecified atom stereocenters. The summed E-state index contributed by atoms with van der Waals surface area (Å²) < 4.78 is 29.9. The Hall–Kier alpha value is -0.940. The Morgan fingerprint density at radius 3 is 2.67 bits per heavy atom. The Balaban J connectivity index is 2.63. The highest BCUT2D eigenvalue weighted by atomic mass is 32.2. The van der Waals surface area contributed by atoms with Crippen molar-refractivity contribution in [3.05, 3.63) is 29.6 Å². The topological polar surface area (TPSA) is 67.3 Å². The lowest BCUT2D eigenvalue weighted by atomic mass is 10.1. The van der Waals surface area contributed by atoms with Crippen molar-refractivity contribution in [3.63, 3.8) is 0 Å². The van der Waals surface area contributed by atoms with E-state index in [1.54, 1.807) is 6.92 Å². The van der Waals surface area contributed by atoms with Crippen molar-refractivity contribution < 1.29 is 13.0 Å². The van der Waals surface area contributed by atoms with Crippen LogP contribution in [-0.2, 0) is 16.5 Å². The van der Waals surface area contributed by atoms with E-state index in [9.17, 15) is 8.42 Å². The first-order valence-corrected chi connectivity index (χ1v) is 6.35. The van der Waals surface area contributed by atoms with Crippen LogP contribution < -0.4 is 0 Å². The summed E-state index contributed by atoms with van der Waals surface area (Å²) >= 11 is 0. The fraction of sp³-hybridized carbons (Fsp3) is 0.500. The van der Waals surface area contributed by atoms with E-state index in [1.807, 2.05) is 25.1 Å². The number of nitrogens with zero attached hydrogens (tertiary/aromatic N) is 1. The van der Waals surface area contributed by atoms with Gasteiger partial charge in [-0.1, -0.05) is 13.0 Å². The predicted octanol–water partition coefficient (Wildman–Crippen LogP) is 1.46. The summed E-state index contributed by atoms with van der Waals surface area (Å²) in [6.45, 7) is 3.66. The minimum absolute atomic E-state index is 0.130. The summed E-state index contributed by atoms with van der Waals surface area (Å²) in [7, 11) is -3.88. The number of rotatable bonds is 4. The molecule has 0 aliphatic carbocycles. The highest BCUT2D eigenvalue weighted by Crippen LogP contribution is 2.08. The van der Waals surface area contributed by atoms with Gasteiger partial charge in [0, 0.05) is 11.4 Å². The Bertz CT molecular complexity index is 428. The molecule has 0 amide bonds. The molecule has 1 rings (SSSR count). The van der Waals surface area contributed by atoms with Crippen LogP contribution in [0.25, 0.3) is 0 Å². The van der Waals surface area contributed by atoms with Crippen LogP contribution in [0.2, 0.25) is 0 Å². The summed E-state index contributed by atoms with van der Waals surface area (Å²) in [5, 5.41) is 0. The molecule has 0 saturated carbocycles. The lowest BCUT2D eigenvalue weighted by molar-refractivity contribution is 0.468. The van der Waals surface area contributed by atoms with E-state index in [0.29, 0.717) is 6.42 Å². The summed E-state index contributed by atoms with van der Waals surface area (Å²) in [4.78, 5) is 4.27. The molecule has 0 aliphatic rings. The van der Waals surface area contributed by atoms with Crippen LogP contribution in [0, 0.1) is 12.8 Å². The third-order valence-electron chi connectivity index (χ3n) is 2.00. The molecule has 1 atom stereocenters. The summed E-state index contributed by atoms with van der Waals surface area (Å²) in [5.41, 5.74) is 1.76. The van der Waals surface area contributed by atoms with E-state index in [2.05, 4.69) is 4.98 Å². The largest absolute Gasteiger partial charge is 0.286 e. The lowest BCUT2D eigenvalue weighted by Crippen LogP contribution is -2.15. The molecule has 0 fully saturated rings. The van der Waals surface area contributed by atoms with Gasteiger partial charge in [0.15, 0.2) is 0 Å². The first-order valence-electron chi connectivity index (χ1n) is 4.74. The van der Waals surface area contributed by atoms with Gasteiger partial charge in [0.05, 0.1) is 5.75 Å². The molecule has 15 heavy (non-hydrogen) atoms. The molecule has 1 aromatic rings. The fourth-order valence-electron chi connectivity index (χ4n) is 1.49. The molecular weight excluding hydrogens is 214 g/mol. The summed E-state index contributed by atoms with van der Waals surface area (Å²) in [5.74, 6) is -0.350. The van der Waals surface area contributed by atoms with Crippen molar-refractivity contribution in [2.24, 2.45) is 5.92 Å². The van der Waals surface area contributed by atoms with Crippen molar-refractivity contribution >= 4 is 10.1 Å². The zero-order valence-electron chi connectivity index (χ0n) is 8.84. The van der Waals surface area contributed by atoms with Crippen molar-refractivity contribution in [1.82, 2.24) is 4.98 Å². The van der Waals surface area contributed by atoms with E-state index in [1.165, 1.54) is 0 Å². The molecule has 0 aromatic carbocycles. The van der Waals surface area contributed by atoms with E-state index < -0.39 is 10.1 Å². The van der Waals surface area contributed by atoms with Crippen molar-refractivity contribution in [1.29, 1.82) is 0 Å². The molecule has 5 heteroatoms. The van der Waals surface area contributed by atoms with Crippen molar-refractivity contribution in [2.75, 3.05) is 5.75 Å². The molecule has 0 radical (unpaired) electrons. The van der Waals surface area contributed by atoms with Gasteiger partial charge in [0.2, 0.25) is 0 Å². The molecule has 4 nitrogen and oxygen atoms in total. The second-order valence-corrected chi connectivity index (χ2v) is 5.33. The van der Waals surface area contributed by atoms with Crippen LogP contribution in [0.3, 0.4) is 0 Å². The minimum atomic E-state index is -3.88. The lowest BCUT2D eigenvalue weighted by Gasteiger charge is -2.08. The van der Waals surface area contributed by atoms with E-state index in [4.69, 9.17) is 4.55 Å². The van der Waals surface area contributed by atoms with Gasteiger partial charge in [0.1, 0.15) is 0 Å². The van der Waals surface area contributed by atoms with Gasteiger partial charge >= 0.3 is 0 Å². The Kier molecular flexibility index (Phi) is 3.82. The average molecular weight is 229 g/mol. The van der Waals surface area contributed by atoms with E-state index in [0.717, 1.165) is 11.4 Å². The summed E-state index contributed by atoms with van der Waals surface area (Å²) in [6, 6.07) is 5.63. The van der Waals surface area contributed by atoms with Crippen LogP contribution >= 0.6 is 0 Å². The van der Waals surface area contributed by atoms with Crippen molar-refractivity contribution in [2.45, 2.75) is 20.3 Å². The number of pyridine rings is 1. The normalized spacial score (nSPS) is 13.8. The molecule has 1 N–H and O–H groups in total. The van der Waals surface area contributed by atoms with Crippen molar-refractivity contribution in [3.8, 4) is 0 Å². The molecule has 1 heterocycles. The van der Waals surface area contributed by atoms with Gasteiger partial charge in [-0.05, 0) is 31.4 Å². The van der Waals surface area contributed by atoms with Crippen LogP contribution in [0.5, 0.6) is 0 Å². The van der Waals surface area contributed by atoms with Crippen LogP contribution in [-0.4, -0.2) is 23.7 Å². The number of hydrogen-bond donors (Lipinski definition) is 1. The van der Waals surface area contributed by atoms with Gasteiger partial charge < -0.3 is 0 Å². The molecule has 0 aliphatic heterocycles. The molecule has 0 saturated heterocycles. The Morgan fingerprint density at radius 2 is 2.13 bits per heavy atom. The fourth-order valence-corrected chi connectivity index (χ4v) is 2.33. The molecular formula is C10H15NO3S. The van der Waals surface area contributed by atoms with Gasteiger partial charge in [0.25, 0.3) is 10.1 Å². The smallest absolute Gasteiger partial charge is 0.265 e. The molecule has 84 valence electrons. The SMILES string of the molecule is Cc1cccc(CC(C)CS(=O)(=O)O)n1. The number of aryl methyl sites for hydroxylation is 1. The first kappa shape index (κ1) is 12.1. The molecule has 0 bridgehead atoms. The van der Waals surface area contributed by atoms with Crippen LogP contribution in [0.1, 0.15) is 18.3 Å². The third-order valence-corrected chi connectivity index (χ3v) is 2.99. The van der Waals surface area contributed by atoms with E-state index >= 15 is 0 Å². The van der Waals surface area contributed by atoms with Gasteiger partial charge in [-0.15, -0.1) is 0 Å². The summed E-state index contributed by atoms with van der Waals surface area (Å²) in [6.07, 6.45) is 0.557. The van der Waals surface area contributed by atoms with Gasteiger partial charge in [-0.3, -0.25) is 9.54 Å². The predicted molar refractivity (Wildman–Crippen MR) is 58.3 cm³/mol. The average Bonchev–Trinajstić information content (AvgIpc) is 1.99. The highest BCUT2D eigenvalue weighted by molar-refractivity contribution is 7.85. The van der Waals surface area contributed by atoms with Gasteiger partial charge in [-0.2, -0.15) is 8.42 Å². The maximum absolute atomic E-state index is 10.6. The highest BCUT2D eigenvalue weighted by Gasteiger charge is 2.13. The number of hydrogen-bond acceptors (Lipinski definition) is 3. The monoisotopic (exact) mass is 229 g/mol. The maximum Gasteiger partial charge on any atom is 0.265 e. The zero-order valence-corrected chi connectivity index (χ0v) is 9.66. The maximum atomic E-state index is 10.6. The third kappa shape index (κ3) is 4.90. The number of aromatic nitrogens is 1. The van der Waals surface area contributed by atoms with Crippen LogP contribution in [0.15, 0.2) is 18.2 Å². The zero-order chi connectivity index (χ0) is 11.5. The van der Waals surface area contributed by atoms with E-state index in [-0.39, 0.29) is 11.7 Å². The Morgan fingerprint density at radius 1 is 1.47 bits per heavy atom.